The van der Waals surface area contributed by atoms with Crippen LogP contribution in [0.5, 0.6) is 0 Å². The number of ether oxygens (including phenoxy) is 2. The molecule has 0 N–H and O–H groups in total. The van der Waals surface area contributed by atoms with Crippen LogP contribution in [0, 0.1) is 0 Å². The predicted molar refractivity (Wildman–Crippen MR) is 34.9 cm³/mol. The van der Waals surface area contributed by atoms with E-state index in [1.54, 1.807) is 0 Å². The van der Waals surface area contributed by atoms with Crippen LogP contribution in [0.1, 0.15) is 19.3 Å². The van der Waals surface area contributed by atoms with Crippen molar-refractivity contribution in [3.63, 3.8) is 0 Å². The molecule has 2 nitrogen and oxygen atoms in total. The van der Waals surface area contributed by atoms with Crippen LogP contribution in [-0.4, -0.2) is 12.9 Å². The summed E-state index contributed by atoms with van der Waals surface area (Å²) >= 11 is 0. The van der Waals surface area contributed by atoms with Crippen molar-refractivity contribution in [3.05, 3.63) is 12.8 Å². The van der Waals surface area contributed by atoms with Crippen LogP contribution in [0.2, 0.25) is 0 Å². The van der Waals surface area contributed by atoms with Crippen molar-refractivity contribution in [2.24, 2.45) is 0 Å². The molecule has 0 bridgehead atoms. The second kappa shape index (κ2) is 3.51. The molecule has 0 amide bonds. The summed E-state index contributed by atoms with van der Waals surface area (Å²) in [6, 6.07) is 0. The standard InChI is InChI=1S/C7H12O2/c1-2-8-7-5-3-4-6-9-7/h2,7H,1,3-6H2. The summed E-state index contributed by atoms with van der Waals surface area (Å²) in [4.78, 5) is 0. The van der Waals surface area contributed by atoms with E-state index in [4.69, 9.17) is 9.47 Å². The summed E-state index contributed by atoms with van der Waals surface area (Å²) in [6.45, 7) is 4.28. The largest absolute Gasteiger partial charge is 0.473 e. The molecule has 9 heavy (non-hydrogen) atoms. The fourth-order valence-electron chi connectivity index (χ4n) is 0.926. The first-order chi connectivity index (χ1) is 4.43. The normalized spacial score (nSPS) is 27.3. The van der Waals surface area contributed by atoms with Gasteiger partial charge in [-0.2, -0.15) is 0 Å². The SMILES string of the molecule is C=COC1CCCCO1. The van der Waals surface area contributed by atoms with Gasteiger partial charge in [-0.1, -0.05) is 6.58 Å². The molecule has 1 atom stereocenters. The van der Waals surface area contributed by atoms with E-state index in [2.05, 4.69) is 6.58 Å². The molecular weight excluding hydrogens is 116 g/mol. The zero-order valence-corrected chi connectivity index (χ0v) is 5.51. The highest BCUT2D eigenvalue weighted by atomic mass is 16.7. The molecule has 0 aromatic heterocycles. The number of rotatable bonds is 2. The molecule has 0 aromatic rings. The molecular formula is C7H12O2. The van der Waals surface area contributed by atoms with Gasteiger partial charge in [0, 0.05) is 6.42 Å². The van der Waals surface area contributed by atoms with E-state index in [0.29, 0.717) is 0 Å². The van der Waals surface area contributed by atoms with Gasteiger partial charge in [0.2, 0.25) is 0 Å². The topological polar surface area (TPSA) is 18.5 Å². The Bertz CT molecular complexity index is 84.9. The lowest BCUT2D eigenvalue weighted by Gasteiger charge is -2.21. The summed E-state index contributed by atoms with van der Waals surface area (Å²) in [6.07, 6.45) is 4.80. The fraction of sp³-hybridized carbons (Fsp3) is 0.714. The Morgan fingerprint density at radius 3 is 3.00 bits per heavy atom. The average molecular weight is 128 g/mol. The quantitative estimate of drug-likeness (QED) is 0.527. The van der Waals surface area contributed by atoms with Crippen molar-refractivity contribution >= 4 is 0 Å². The first kappa shape index (κ1) is 6.62. The van der Waals surface area contributed by atoms with Crippen molar-refractivity contribution in [1.82, 2.24) is 0 Å². The number of hydrogen-bond donors (Lipinski definition) is 0. The van der Waals surface area contributed by atoms with E-state index in [1.165, 1.54) is 12.7 Å². The van der Waals surface area contributed by atoms with Crippen LogP contribution in [0.15, 0.2) is 12.8 Å². The van der Waals surface area contributed by atoms with E-state index >= 15 is 0 Å². The summed E-state index contributed by atoms with van der Waals surface area (Å²) in [5.41, 5.74) is 0. The molecule has 52 valence electrons. The molecule has 2 heteroatoms. The summed E-state index contributed by atoms with van der Waals surface area (Å²) in [7, 11) is 0. The minimum absolute atomic E-state index is 0.0174. The summed E-state index contributed by atoms with van der Waals surface area (Å²) < 4.78 is 10.2. The third-order valence-electron chi connectivity index (χ3n) is 1.39. The lowest BCUT2D eigenvalue weighted by Crippen LogP contribution is -2.19. The molecule has 1 fully saturated rings. The molecule has 1 rings (SSSR count). The van der Waals surface area contributed by atoms with Gasteiger partial charge < -0.3 is 9.47 Å². The molecule has 1 aliphatic heterocycles. The van der Waals surface area contributed by atoms with Crippen molar-refractivity contribution in [2.45, 2.75) is 25.6 Å². The van der Waals surface area contributed by atoms with E-state index in [-0.39, 0.29) is 6.29 Å². The van der Waals surface area contributed by atoms with Gasteiger partial charge in [-0.05, 0) is 12.8 Å². The highest BCUT2D eigenvalue weighted by molar-refractivity contribution is 4.58. The first-order valence-electron chi connectivity index (χ1n) is 3.31. The zero-order valence-electron chi connectivity index (χ0n) is 5.51. The molecule has 0 radical (unpaired) electrons. The Kier molecular flexibility index (Phi) is 2.58. The van der Waals surface area contributed by atoms with Gasteiger partial charge in [0.25, 0.3) is 0 Å². The molecule has 0 aliphatic carbocycles. The van der Waals surface area contributed by atoms with Crippen LogP contribution in [-0.2, 0) is 9.47 Å². The van der Waals surface area contributed by atoms with Gasteiger partial charge in [0.05, 0.1) is 12.9 Å². The minimum atomic E-state index is -0.0174. The second-order valence-corrected chi connectivity index (χ2v) is 2.10. The van der Waals surface area contributed by atoms with Crippen LogP contribution in [0.25, 0.3) is 0 Å². The molecule has 0 saturated carbocycles. The van der Waals surface area contributed by atoms with Crippen LogP contribution in [0.4, 0.5) is 0 Å². The van der Waals surface area contributed by atoms with Gasteiger partial charge >= 0.3 is 0 Å². The van der Waals surface area contributed by atoms with Gasteiger partial charge in [-0.3, -0.25) is 0 Å². The van der Waals surface area contributed by atoms with Crippen LogP contribution < -0.4 is 0 Å². The Morgan fingerprint density at radius 2 is 2.44 bits per heavy atom. The molecule has 1 aliphatic rings. The molecule has 0 aromatic carbocycles. The Hall–Kier alpha value is -0.500. The molecule has 1 heterocycles. The fourth-order valence-corrected chi connectivity index (χ4v) is 0.926. The van der Waals surface area contributed by atoms with E-state index in [0.717, 1.165) is 19.4 Å². The van der Waals surface area contributed by atoms with E-state index in [9.17, 15) is 0 Å². The highest BCUT2D eigenvalue weighted by Crippen LogP contribution is 2.13. The van der Waals surface area contributed by atoms with Crippen molar-refractivity contribution in [1.29, 1.82) is 0 Å². The van der Waals surface area contributed by atoms with Crippen LogP contribution >= 0.6 is 0 Å². The summed E-state index contributed by atoms with van der Waals surface area (Å²) in [5, 5.41) is 0. The lowest BCUT2D eigenvalue weighted by molar-refractivity contribution is -0.129. The average Bonchev–Trinajstić information content (AvgIpc) is 1.91. The summed E-state index contributed by atoms with van der Waals surface area (Å²) in [5.74, 6) is 0. The smallest absolute Gasteiger partial charge is 0.198 e. The molecule has 1 unspecified atom stereocenters. The van der Waals surface area contributed by atoms with Gasteiger partial charge in [0.1, 0.15) is 0 Å². The van der Waals surface area contributed by atoms with Crippen molar-refractivity contribution < 1.29 is 9.47 Å². The Morgan fingerprint density at radius 1 is 1.56 bits per heavy atom. The highest BCUT2D eigenvalue weighted by Gasteiger charge is 2.11. The third kappa shape index (κ3) is 2.06. The predicted octanol–water partition coefficient (Wildman–Crippen LogP) is 1.67. The van der Waals surface area contributed by atoms with E-state index < -0.39 is 0 Å². The maximum Gasteiger partial charge on any atom is 0.198 e. The monoisotopic (exact) mass is 128 g/mol. The molecule has 1 saturated heterocycles. The van der Waals surface area contributed by atoms with Gasteiger partial charge in [0.15, 0.2) is 6.29 Å². The van der Waals surface area contributed by atoms with Crippen LogP contribution in [0.3, 0.4) is 0 Å². The second-order valence-electron chi connectivity index (χ2n) is 2.10. The van der Waals surface area contributed by atoms with Crippen molar-refractivity contribution in [3.8, 4) is 0 Å². The van der Waals surface area contributed by atoms with Gasteiger partial charge in [-0.25, -0.2) is 0 Å². The third-order valence-corrected chi connectivity index (χ3v) is 1.39. The maximum atomic E-state index is 5.22. The van der Waals surface area contributed by atoms with Crippen molar-refractivity contribution in [2.75, 3.05) is 6.61 Å². The Labute approximate surface area is 55.5 Å². The zero-order chi connectivity index (χ0) is 6.53. The van der Waals surface area contributed by atoms with E-state index in [1.807, 2.05) is 0 Å². The maximum absolute atomic E-state index is 5.22. The lowest BCUT2D eigenvalue weighted by atomic mass is 10.2. The number of hydrogen-bond acceptors (Lipinski definition) is 2. The van der Waals surface area contributed by atoms with Gasteiger partial charge in [-0.15, -0.1) is 0 Å². The minimum Gasteiger partial charge on any atom is -0.473 e. The Balaban J connectivity index is 2.15. The molecule has 0 spiro atoms. The first-order valence-corrected chi connectivity index (χ1v) is 3.31.